The van der Waals surface area contributed by atoms with E-state index in [1.165, 1.54) is 0 Å². The van der Waals surface area contributed by atoms with E-state index in [0.717, 1.165) is 31.7 Å². The molecule has 3 N–H and O–H groups in total. The number of nitrogens with two attached hydrogens (primary N) is 1. The number of hydrogen-bond acceptors (Lipinski definition) is 4. The molecule has 1 aromatic rings. The Morgan fingerprint density at radius 1 is 1.42 bits per heavy atom. The molecule has 19 heavy (non-hydrogen) atoms. The van der Waals surface area contributed by atoms with E-state index < -0.39 is 6.10 Å². The van der Waals surface area contributed by atoms with Crippen molar-refractivity contribution in [2.75, 3.05) is 38.5 Å². The van der Waals surface area contributed by atoms with E-state index in [9.17, 15) is 5.11 Å². The minimum atomic E-state index is -0.455. The number of anilines is 1. The first-order chi connectivity index (χ1) is 9.10. The highest BCUT2D eigenvalue weighted by Gasteiger charge is 2.24. The summed E-state index contributed by atoms with van der Waals surface area (Å²) in [5, 5.41) is 10.3. The van der Waals surface area contributed by atoms with Gasteiger partial charge in [0.15, 0.2) is 0 Å². The predicted octanol–water partition coefficient (Wildman–Crippen LogP) is 1.33. The van der Waals surface area contributed by atoms with Crippen LogP contribution in [0.2, 0.25) is 0 Å². The molecule has 1 saturated heterocycles. The number of aliphatic hydroxyl groups excluding tert-OH is 1. The highest BCUT2D eigenvalue weighted by Crippen LogP contribution is 2.18. The van der Waals surface area contributed by atoms with Gasteiger partial charge in [-0.25, -0.2) is 0 Å². The van der Waals surface area contributed by atoms with Crippen LogP contribution >= 0.6 is 0 Å². The number of rotatable bonds is 4. The standard InChI is InChI=1S/C15H25N3O/c1-3-18-8-7-17(10-12(18)2)11-15(19)13-5-4-6-14(16)9-13/h4-6,9,12,15,19H,3,7-8,10-11,16H2,1-2H3. The van der Waals surface area contributed by atoms with E-state index in [4.69, 9.17) is 5.73 Å². The topological polar surface area (TPSA) is 52.7 Å². The van der Waals surface area contributed by atoms with Crippen LogP contribution < -0.4 is 5.73 Å². The fourth-order valence-corrected chi connectivity index (χ4v) is 2.82. The Balaban J connectivity index is 1.91. The van der Waals surface area contributed by atoms with Crippen LogP contribution in [0, 0.1) is 0 Å². The Morgan fingerprint density at radius 3 is 2.84 bits per heavy atom. The van der Waals surface area contributed by atoms with Crippen LogP contribution in [0.25, 0.3) is 0 Å². The summed E-state index contributed by atoms with van der Waals surface area (Å²) in [5.41, 5.74) is 7.37. The van der Waals surface area contributed by atoms with Crippen molar-refractivity contribution in [3.05, 3.63) is 29.8 Å². The van der Waals surface area contributed by atoms with Crippen molar-refractivity contribution in [2.24, 2.45) is 0 Å². The van der Waals surface area contributed by atoms with Crippen LogP contribution in [-0.4, -0.2) is 53.7 Å². The minimum Gasteiger partial charge on any atom is -0.399 e. The van der Waals surface area contributed by atoms with Gasteiger partial charge in [-0.05, 0) is 31.2 Å². The normalized spacial score (nSPS) is 23.4. The Morgan fingerprint density at radius 2 is 2.21 bits per heavy atom. The molecular formula is C15H25N3O. The maximum Gasteiger partial charge on any atom is 0.0917 e. The van der Waals surface area contributed by atoms with Crippen LogP contribution in [0.3, 0.4) is 0 Å². The third-order valence-electron chi connectivity index (χ3n) is 3.98. The molecule has 1 heterocycles. The lowest BCUT2D eigenvalue weighted by atomic mass is 10.1. The first-order valence-corrected chi connectivity index (χ1v) is 7.10. The fourth-order valence-electron chi connectivity index (χ4n) is 2.82. The first-order valence-electron chi connectivity index (χ1n) is 7.10. The van der Waals surface area contributed by atoms with Gasteiger partial charge in [0.05, 0.1) is 6.10 Å². The lowest BCUT2D eigenvalue weighted by molar-refractivity contribution is 0.0478. The summed E-state index contributed by atoms with van der Waals surface area (Å²) in [6.45, 7) is 9.38. The Labute approximate surface area is 115 Å². The van der Waals surface area contributed by atoms with E-state index >= 15 is 0 Å². The smallest absolute Gasteiger partial charge is 0.0917 e. The number of piperazine rings is 1. The van der Waals surface area contributed by atoms with Gasteiger partial charge in [-0.1, -0.05) is 19.1 Å². The van der Waals surface area contributed by atoms with Gasteiger partial charge in [-0.15, -0.1) is 0 Å². The number of β-amino-alcohol motifs (C(OH)–C–C–N with tert-alkyl or cyclic N) is 1. The van der Waals surface area contributed by atoms with E-state index in [1.54, 1.807) is 0 Å². The minimum absolute atomic E-state index is 0.455. The number of hydrogen-bond donors (Lipinski definition) is 2. The zero-order chi connectivity index (χ0) is 13.8. The molecular weight excluding hydrogens is 238 g/mol. The van der Waals surface area contributed by atoms with Gasteiger partial charge >= 0.3 is 0 Å². The van der Waals surface area contributed by atoms with Crippen molar-refractivity contribution in [3.8, 4) is 0 Å². The van der Waals surface area contributed by atoms with Gasteiger partial charge in [0.1, 0.15) is 0 Å². The third-order valence-corrected chi connectivity index (χ3v) is 3.98. The molecule has 2 atom stereocenters. The summed E-state index contributed by atoms with van der Waals surface area (Å²) in [7, 11) is 0. The molecule has 1 fully saturated rings. The van der Waals surface area contributed by atoms with Crippen molar-refractivity contribution in [1.82, 2.24) is 9.80 Å². The summed E-state index contributed by atoms with van der Waals surface area (Å²) in [4.78, 5) is 4.81. The second kappa shape index (κ2) is 6.37. The second-order valence-electron chi connectivity index (χ2n) is 5.42. The van der Waals surface area contributed by atoms with Crippen LogP contribution in [0.15, 0.2) is 24.3 Å². The van der Waals surface area contributed by atoms with Crippen molar-refractivity contribution in [3.63, 3.8) is 0 Å². The first kappa shape index (κ1) is 14.3. The quantitative estimate of drug-likeness (QED) is 0.805. The molecule has 0 spiro atoms. The highest BCUT2D eigenvalue weighted by atomic mass is 16.3. The van der Waals surface area contributed by atoms with Gasteiger partial charge < -0.3 is 10.8 Å². The molecule has 106 valence electrons. The third kappa shape index (κ3) is 3.69. The molecule has 0 amide bonds. The summed E-state index contributed by atoms with van der Waals surface area (Å²) in [6, 6.07) is 8.10. The van der Waals surface area contributed by atoms with Crippen LogP contribution in [0.5, 0.6) is 0 Å². The number of nitrogens with zero attached hydrogens (tertiary/aromatic N) is 2. The molecule has 0 aromatic heterocycles. The molecule has 1 aliphatic heterocycles. The molecule has 0 bridgehead atoms. The molecule has 1 aromatic carbocycles. The van der Waals surface area contributed by atoms with Gasteiger partial charge in [-0.3, -0.25) is 9.80 Å². The fraction of sp³-hybridized carbons (Fsp3) is 0.600. The van der Waals surface area contributed by atoms with Crippen LogP contribution in [0.1, 0.15) is 25.5 Å². The van der Waals surface area contributed by atoms with Gasteiger partial charge in [-0.2, -0.15) is 0 Å². The van der Waals surface area contributed by atoms with Crippen molar-refractivity contribution < 1.29 is 5.11 Å². The molecule has 2 rings (SSSR count). The van der Waals surface area contributed by atoms with Crippen molar-refractivity contribution in [2.45, 2.75) is 26.0 Å². The zero-order valence-corrected chi connectivity index (χ0v) is 11.9. The molecule has 0 saturated carbocycles. The highest BCUT2D eigenvalue weighted by molar-refractivity contribution is 5.41. The molecule has 0 aliphatic carbocycles. The zero-order valence-electron chi connectivity index (χ0n) is 11.9. The summed E-state index contributed by atoms with van der Waals surface area (Å²) in [5.74, 6) is 0. The predicted molar refractivity (Wildman–Crippen MR) is 79.0 cm³/mol. The maximum absolute atomic E-state index is 10.3. The van der Waals surface area contributed by atoms with Gasteiger partial charge in [0.25, 0.3) is 0 Å². The van der Waals surface area contributed by atoms with Gasteiger partial charge in [0.2, 0.25) is 0 Å². The van der Waals surface area contributed by atoms with E-state index in [1.807, 2.05) is 24.3 Å². The molecule has 0 radical (unpaired) electrons. The Kier molecular flexibility index (Phi) is 4.80. The van der Waals surface area contributed by atoms with Crippen LogP contribution in [-0.2, 0) is 0 Å². The molecule has 4 nitrogen and oxygen atoms in total. The summed E-state index contributed by atoms with van der Waals surface area (Å²) < 4.78 is 0. The largest absolute Gasteiger partial charge is 0.399 e. The number of likely N-dealkylation sites (N-methyl/N-ethyl adjacent to an activating group) is 1. The van der Waals surface area contributed by atoms with Gasteiger partial charge in [0, 0.05) is 37.9 Å². The van der Waals surface area contributed by atoms with E-state index in [0.29, 0.717) is 18.3 Å². The molecule has 2 unspecified atom stereocenters. The maximum atomic E-state index is 10.3. The lowest BCUT2D eigenvalue weighted by Crippen LogP contribution is -2.52. The second-order valence-corrected chi connectivity index (χ2v) is 5.42. The average molecular weight is 263 g/mol. The number of nitrogen functional groups attached to an aromatic ring is 1. The van der Waals surface area contributed by atoms with Crippen LogP contribution in [0.4, 0.5) is 5.69 Å². The summed E-state index contributed by atoms with van der Waals surface area (Å²) in [6.07, 6.45) is -0.455. The Bertz CT molecular complexity index is 410. The SMILES string of the molecule is CCN1CCN(CC(O)c2cccc(N)c2)CC1C. The van der Waals surface area contributed by atoms with E-state index in [2.05, 4.69) is 23.6 Å². The van der Waals surface area contributed by atoms with Crippen molar-refractivity contribution in [1.29, 1.82) is 0 Å². The average Bonchev–Trinajstić information content (AvgIpc) is 2.39. The van der Waals surface area contributed by atoms with Crippen molar-refractivity contribution >= 4 is 5.69 Å². The lowest BCUT2D eigenvalue weighted by Gasteiger charge is -2.40. The monoisotopic (exact) mass is 263 g/mol. The number of aliphatic hydroxyl groups is 1. The summed E-state index contributed by atoms with van der Waals surface area (Å²) >= 11 is 0. The Hall–Kier alpha value is -1.10. The molecule has 1 aliphatic rings. The van der Waals surface area contributed by atoms with E-state index in [-0.39, 0.29) is 0 Å². The molecule has 4 heteroatoms. The number of benzene rings is 1.